The largest absolute Gasteiger partial charge is 0.350 e. The summed E-state index contributed by atoms with van der Waals surface area (Å²) in [7, 11) is 0. The summed E-state index contributed by atoms with van der Waals surface area (Å²) in [5.41, 5.74) is 1.78. The molecule has 2 N–H and O–H groups in total. The summed E-state index contributed by atoms with van der Waals surface area (Å²) in [5, 5.41) is 5.89. The van der Waals surface area contributed by atoms with E-state index in [2.05, 4.69) is 10.6 Å². The standard InChI is InChI=1S/C19H18ClN3O3/c20-15-8-4-7-14(9-15)11-21-17(24)12-23-18(25)16(22-19(23)26)10-13-5-2-1-3-6-13/h1-9,16H,10-12H2,(H,21,24)(H,22,26)/t16-/m0/s1. The molecule has 4 amide bonds. The molecule has 134 valence electrons. The quantitative estimate of drug-likeness (QED) is 0.763. The zero-order valence-corrected chi connectivity index (χ0v) is 14.7. The second-order valence-corrected chi connectivity index (χ2v) is 6.46. The molecule has 3 rings (SSSR count). The fourth-order valence-corrected chi connectivity index (χ4v) is 2.97. The number of nitrogens with zero attached hydrogens (tertiary/aromatic N) is 1. The minimum atomic E-state index is -0.648. The van der Waals surface area contributed by atoms with Crippen LogP contribution in [0.4, 0.5) is 4.79 Å². The number of carbonyl (C=O) groups excluding carboxylic acids is 3. The fraction of sp³-hybridized carbons (Fsp3) is 0.211. The lowest BCUT2D eigenvalue weighted by Crippen LogP contribution is -2.41. The number of imide groups is 1. The molecular formula is C19H18ClN3O3. The van der Waals surface area contributed by atoms with Crippen molar-refractivity contribution in [2.24, 2.45) is 0 Å². The number of halogens is 1. The summed E-state index contributed by atoms with van der Waals surface area (Å²) in [5.74, 6) is -0.800. The first-order valence-corrected chi connectivity index (χ1v) is 8.57. The maximum Gasteiger partial charge on any atom is 0.325 e. The maximum atomic E-state index is 12.4. The van der Waals surface area contributed by atoms with E-state index < -0.39 is 23.9 Å². The SMILES string of the molecule is O=C(CN1C(=O)N[C@@H](Cc2ccccc2)C1=O)NCc1cccc(Cl)c1. The van der Waals surface area contributed by atoms with Gasteiger partial charge >= 0.3 is 6.03 Å². The van der Waals surface area contributed by atoms with E-state index in [1.807, 2.05) is 36.4 Å². The van der Waals surface area contributed by atoms with Crippen LogP contribution in [0.3, 0.4) is 0 Å². The van der Waals surface area contributed by atoms with Gasteiger partial charge in [-0.2, -0.15) is 0 Å². The van der Waals surface area contributed by atoms with Crippen molar-refractivity contribution < 1.29 is 14.4 Å². The smallest absolute Gasteiger partial charge is 0.325 e. The highest BCUT2D eigenvalue weighted by Crippen LogP contribution is 2.13. The van der Waals surface area contributed by atoms with E-state index >= 15 is 0 Å². The number of benzene rings is 2. The van der Waals surface area contributed by atoms with Gasteiger partial charge in [0, 0.05) is 18.0 Å². The first-order chi connectivity index (χ1) is 12.5. The Morgan fingerprint density at radius 1 is 1.08 bits per heavy atom. The van der Waals surface area contributed by atoms with Crippen LogP contribution in [0.15, 0.2) is 54.6 Å². The predicted molar refractivity (Wildman–Crippen MR) is 97.5 cm³/mol. The molecule has 0 aliphatic carbocycles. The van der Waals surface area contributed by atoms with Gasteiger partial charge in [-0.3, -0.25) is 14.5 Å². The topological polar surface area (TPSA) is 78.5 Å². The van der Waals surface area contributed by atoms with Crippen LogP contribution < -0.4 is 10.6 Å². The number of nitrogens with one attached hydrogen (secondary N) is 2. The molecule has 0 radical (unpaired) electrons. The summed E-state index contributed by atoms with van der Waals surface area (Å²) in [4.78, 5) is 37.5. The Balaban J connectivity index is 1.54. The molecule has 7 heteroatoms. The third kappa shape index (κ3) is 4.40. The maximum absolute atomic E-state index is 12.4. The Kier molecular flexibility index (Phi) is 5.53. The van der Waals surface area contributed by atoms with Gasteiger partial charge in [0.05, 0.1) is 0 Å². The Bertz CT molecular complexity index is 826. The van der Waals surface area contributed by atoms with Crippen molar-refractivity contribution in [2.45, 2.75) is 19.0 Å². The van der Waals surface area contributed by atoms with Crippen LogP contribution in [-0.2, 0) is 22.6 Å². The van der Waals surface area contributed by atoms with Gasteiger partial charge in [0.15, 0.2) is 0 Å². The van der Waals surface area contributed by atoms with Crippen molar-refractivity contribution in [2.75, 3.05) is 6.54 Å². The van der Waals surface area contributed by atoms with Crippen molar-refractivity contribution in [3.63, 3.8) is 0 Å². The van der Waals surface area contributed by atoms with Crippen molar-refractivity contribution in [3.05, 3.63) is 70.7 Å². The van der Waals surface area contributed by atoms with E-state index in [1.54, 1.807) is 18.2 Å². The third-order valence-corrected chi connectivity index (χ3v) is 4.31. The van der Waals surface area contributed by atoms with E-state index in [9.17, 15) is 14.4 Å². The van der Waals surface area contributed by atoms with E-state index in [4.69, 9.17) is 11.6 Å². The zero-order chi connectivity index (χ0) is 18.5. The molecule has 26 heavy (non-hydrogen) atoms. The van der Waals surface area contributed by atoms with Crippen LogP contribution in [0.5, 0.6) is 0 Å². The molecule has 1 aliphatic rings. The number of amides is 4. The molecule has 0 spiro atoms. The van der Waals surface area contributed by atoms with Crippen molar-refractivity contribution >= 4 is 29.4 Å². The summed E-state index contributed by atoms with van der Waals surface area (Å²) < 4.78 is 0. The van der Waals surface area contributed by atoms with Crippen LogP contribution >= 0.6 is 11.6 Å². The minimum absolute atomic E-state index is 0.274. The predicted octanol–water partition coefficient (Wildman–Crippen LogP) is 2.12. The molecule has 1 fully saturated rings. The molecular weight excluding hydrogens is 354 g/mol. The first-order valence-electron chi connectivity index (χ1n) is 8.20. The number of hydrogen-bond donors (Lipinski definition) is 2. The highest BCUT2D eigenvalue weighted by atomic mass is 35.5. The molecule has 1 atom stereocenters. The zero-order valence-electron chi connectivity index (χ0n) is 13.9. The van der Waals surface area contributed by atoms with Gasteiger partial charge in [-0.25, -0.2) is 4.79 Å². The number of rotatable bonds is 6. The van der Waals surface area contributed by atoms with E-state index in [1.165, 1.54) is 0 Å². The third-order valence-electron chi connectivity index (χ3n) is 4.07. The molecule has 1 saturated heterocycles. The molecule has 0 aromatic heterocycles. The summed E-state index contributed by atoms with van der Waals surface area (Å²) in [6.45, 7) is -0.0347. The molecule has 1 aliphatic heterocycles. The highest BCUT2D eigenvalue weighted by molar-refractivity contribution is 6.30. The Morgan fingerprint density at radius 2 is 1.81 bits per heavy atom. The van der Waals surface area contributed by atoms with Gasteiger partial charge in [-0.15, -0.1) is 0 Å². The number of hydrogen-bond acceptors (Lipinski definition) is 3. The lowest BCUT2D eigenvalue weighted by atomic mass is 10.1. The molecule has 2 aromatic rings. The van der Waals surface area contributed by atoms with Gasteiger partial charge in [0.2, 0.25) is 5.91 Å². The summed E-state index contributed by atoms with van der Waals surface area (Å²) >= 11 is 5.90. The fourth-order valence-electron chi connectivity index (χ4n) is 2.76. The second kappa shape index (κ2) is 8.01. The van der Waals surface area contributed by atoms with Gasteiger partial charge in [0.25, 0.3) is 5.91 Å². The van der Waals surface area contributed by atoms with Crippen LogP contribution in [0.2, 0.25) is 5.02 Å². The Hall–Kier alpha value is -2.86. The van der Waals surface area contributed by atoms with Gasteiger partial charge in [-0.1, -0.05) is 54.1 Å². The lowest BCUT2D eigenvalue weighted by Gasteiger charge is -2.13. The van der Waals surface area contributed by atoms with Crippen LogP contribution in [-0.4, -0.2) is 35.3 Å². The van der Waals surface area contributed by atoms with Crippen molar-refractivity contribution in [1.29, 1.82) is 0 Å². The Morgan fingerprint density at radius 3 is 2.54 bits per heavy atom. The first kappa shape index (κ1) is 17.9. The Labute approximate surface area is 156 Å². The van der Waals surface area contributed by atoms with E-state index in [0.29, 0.717) is 11.4 Å². The second-order valence-electron chi connectivity index (χ2n) is 6.02. The van der Waals surface area contributed by atoms with Gasteiger partial charge in [-0.05, 0) is 23.3 Å². The molecule has 0 bridgehead atoms. The van der Waals surface area contributed by atoms with E-state index in [0.717, 1.165) is 16.0 Å². The normalized spacial score (nSPS) is 16.5. The van der Waals surface area contributed by atoms with Crippen LogP contribution in [0.25, 0.3) is 0 Å². The van der Waals surface area contributed by atoms with Gasteiger partial charge in [0.1, 0.15) is 12.6 Å². The number of carbonyl (C=O) groups is 3. The molecule has 2 aromatic carbocycles. The van der Waals surface area contributed by atoms with Crippen LogP contribution in [0, 0.1) is 0 Å². The molecule has 1 heterocycles. The van der Waals surface area contributed by atoms with Crippen molar-refractivity contribution in [3.8, 4) is 0 Å². The number of urea groups is 1. The lowest BCUT2D eigenvalue weighted by molar-refractivity contribution is -0.132. The molecule has 6 nitrogen and oxygen atoms in total. The van der Waals surface area contributed by atoms with Crippen LogP contribution in [0.1, 0.15) is 11.1 Å². The summed E-state index contributed by atoms with van der Waals surface area (Å²) in [6, 6.07) is 15.3. The molecule has 0 unspecified atom stereocenters. The van der Waals surface area contributed by atoms with Crippen molar-refractivity contribution in [1.82, 2.24) is 15.5 Å². The monoisotopic (exact) mass is 371 g/mol. The highest BCUT2D eigenvalue weighted by Gasteiger charge is 2.38. The average Bonchev–Trinajstić information content (AvgIpc) is 2.88. The molecule has 0 saturated carbocycles. The average molecular weight is 372 g/mol. The summed E-state index contributed by atoms with van der Waals surface area (Å²) in [6.07, 6.45) is 0.395. The van der Waals surface area contributed by atoms with E-state index in [-0.39, 0.29) is 13.1 Å². The minimum Gasteiger partial charge on any atom is -0.350 e. The van der Waals surface area contributed by atoms with Gasteiger partial charge < -0.3 is 10.6 Å².